The first kappa shape index (κ1) is 41.1. The number of benzene rings is 11. The highest BCUT2D eigenvalue weighted by Crippen LogP contribution is 2.63. The second-order valence-electron chi connectivity index (χ2n) is 19.7. The molecule has 0 fully saturated rings. The molecule has 0 N–H and O–H groups in total. The van der Waals surface area contributed by atoms with Crippen LogP contribution in [0.4, 0.5) is 34.1 Å². The number of para-hydroxylation sites is 2. The summed E-state index contributed by atoms with van der Waals surface area (Å²) in [6.07, 6.45) is 0. The number of hydrogen-bond donors (Lipinski definition) is 0. The fraction of sp³-hybridized carbons (Fsp3) is 0.0435. The molecule has 1 spiro atoms. The van der Waals surface area contributed by atoms with E-state index >= 15 is 0 Å². The number of rotatable bonds is 7. The molecule has 0 bridgehead atoms. The van der Waals surface area contributed by atoms with Gasteiger partial charge in [0, 0.05) is 54.0 Å². The molecule has 0 saturated carbocycles. The van der Waals surface area contributed by atoms with Gasteiger partial charge in [0.25, 0.3) is 0 Å². The van der Waals surface area contributed by atoms with Gasteiger partial charge in [0.15, 0.2) is 0 Å². The zero-order chi connectivity index (χ0) is 47.5. The molecule has 15 rings (SSSR count). The first-order chi connectivity index (χ1) is 35.6. The molecule has 2 nitrogen and oxygen atoms in total. The lowest BCUT2D eigenvalue weighted by molar-refractivity contribution is 0.714. The van der Waals surface area contributed by atoms with Gasteiger partial charge in [0.05, 0.1) is 11.1 Å². The monoisotopic (exact) mass is 934 g/mol. The molecule has 3 aliphatic carbocycles. The van der Waals surface area contributed by atoms with Crippen LogP contribution in [-0.2, 0) is 10.8 Å². The zero-order valence-electron chi connectivity index (χ0n) is 39.6. The molecular formula is C69H46N2S. The molecule has 0 amide bonds. The Bertz CT molecular complexity index is 4050. The van der Waals surface area contributed by atoms with Gasteiger partial charge in [-0.2, -0.15) is 0 Å². The summed E-state index contributed by atoms with van der Waals surface area (Å²) in [5.41, 5.74) is 23.2. The summed E-state index contributed by atoms with van der Waals surface area (Å²) in [5, 5.41) is 2.50. The Hall–Kier alpha value is -8.76. The highest BCUT2D eigenvalue weighted by molar-refractivity contribution is 7.26. The van der Waals surface area contributed by atoms with E-state index in [1.165, 1.54) is 98.2 Å². The highest BCUT2D eigenvalue weighted by Gasteiger charge is 2.51. The smallest absolute Gasteiger partial charge is 0.0725 e. The molecule has 1 unspecified atom stereocenters. The van der Waals surface area contributed by atoms with Crippen LogP contribution in [0.25, 0.3) is 53.6 Å². The standard InChI is InChI=1S/C69H46N2S/c1-68(45-20-5-2-6-21-45)58-30-15-11-28-53(58)56-42-48(37-40-59(56)68)70(49-38-41-63-57(43-49)54-29-14-18-33-62(54)69(63)60-31-16-12-26-51(60)52-27-13-17-32-61(52)69)50-36-39-55-66(44-50)72-65-35-19-34-64(67(55)65)71(46-22-7-3-8-23-46)47-24-9-4-10-25-47/h2-44H,1H3. The molecule has 1 heterocycles. The summed E-state index contributed by atoms with van der Waals surface area (Å²) < 4.78 is 2.50. The third-order valence-corrected chi connectivity index (χ3v) is 17.3. The Morgan fingerprint density at radius 2 is 0.736 bits per heavy atom. The quantitative estimate of drug-likeness (QED) is 0.157. The van der Waals surface area contributed by atoms with Crippen molar-refractivity contribution in [2.45, 2.75) is 17.8 Å². The first-order valence-corrected chi connectivity index (χ1v) is 25.8. The molecule has 3 heteroatoms. The van der Waals surface area contributed by atoms with Gasteiger partial charge in [0.2, 0.25) is 0 Å². The summed E-state index contributed by atoms with van der Waals surface area (Å²) in [6, 6.07) is 97.3. The number of nitrogens with zero attached hydrogens (tertiary/aromatic N) is 2. The number of hydrogen-bond acceptors (Lipinski definition) is 3. The van der Waals surface area contributed by atoms with Crippen molar-refractivity contribution in [3.05, 3.63) is 300 Å². The third-order valence-electron chi connectivity index (χ3n) is 16.1. The van der Waals surface area contributed by atoms with Gasteiger partial charge in [-0.3, -0.25) is 0 Å². The Kier molecular flexibility index (Phi) is 8.91. The van der Waals surface area contributed by atoms with E-state index in [-0.39, 0.29) is 5.41 Å². The molecule has 3 aliphatic rings. The van der Waals surface area contributed by atoms with Crippen LogP contribution in [0.2, 0.25) is 0 Å². The number of anilines is 6. The molecule has 1 aromatic heterocycles. The maximum atomic E-state index is 2.51. The van der Waals surface area contributed by atoms with Gasteiger partial charge in [-0.05, 0) is 152 Å². The third kappa shape index (κ3) is 5.65. The van der Waals surface area contributed by atoms with Crippen LogP contribution in [0.1, 0.15) is 45.9 Å². The average Bonchev–Trinajstić information content (AvgIpc) is 4.14. The lowest BCUT2D eigenvalue weighted by atomic mass is 9.70. The van der Waals surface area contributed by atoms with Crippen LogP contribution < -0.4 is 9.80 Å². The molecule has 1 atom stereocenters. The lowest BCUT2D eigenvalue weighted by Crippen LogP contribution is -2.25. The van der Waals surface area contributed by atoms with Crippen molar-refractivity contribution in [2.24, 2.45) is 0 Å². The van der Waals surface area contributed by atoms with Crippen molar-refractivity contribution in [1.82, 2.24) is 0 Å². The van der Waals surface area contributed by atoms with E-state index in [0.717, 1.165) is 28.4 Å². The van der Waals surface area contributed by atoms with Crippen molar-refractivity contribution in [1.29, 1.82) is 0 Å². The van der Waals surface area contributed by atoms with E-state index in [0.29, 0.717) is 0 Å². The molecule has 0 aliphatic heterocycles. The van der Waals surface area contributed by atoms with E-state index in [9.17, 15) is 0 Å². The minimum absolute atomic E-state index is 0.295. The largest absolute Gasteiger partial charge is 0.310 e. The first-order valence-electron chi connectivity index (χ1n) is 25.0. The minimum atomic E-state index is -0.414. The maximum Gasteiger partial charge on any atom is 0.0725 e. The Morgan fingerprint density at radius 1 is 0.306 bits per heavy atom. The predicted molar refractivity (Wildman–Crippen MR) is 302 cm³/mol. The van der Waals surface area contributed by atoms with E-state index < -0.39 is 5.41 Å². The summed E-state index contributed by atoms with van der Waals surface area (Å²) in [4.78, 5) is 4.91. The van der Waals surface area contributed by atoms with Crippen molar-refractivity contribution in [2.75, 3.05) is 9.80 Å². The Labute approximate surface area is 424 Å². The van der Waals surface area contributed by atoms with E-state index in [1.807, 2.05) is 11.3 Å². The van der Waals surface area contributed by atoms with Crippen LogP contribution in [0.5, 0.6) is 0 Å². The molecule has 338 valence electrons. The second-order valence-corrected chi connectivity index (χ2v) is 20.7. The Morgan fingerprint density at radius 3 is 1.33 bits per heavy atom. The summed E-state index contributed by atoms with van der Waals surface area (Å²) in [7, 11) is 0. The minimum Gasteiger partial charge on any atom is -0.310 e. The van der Waals surface area contributed by atoms with Crippen molar-refractivity contribution < 1.29 is 0 Å². The maximum absolute atomic E-state index is 2.51. The normalized spacial score (nSPS) is 15.2. The van der Waals surface area contributed by atoms with Crippen LogP contribution in [0.3, 0.4) is 0 Å². The lowest BCUT2D eigenvalue weighted by Gasteiger charge is -2.31. The predicted octanol–water partition coefficient (Wildman–Crippen LogP) is 18.7. The van der Waals surface area contributed by atoms with Gasteiger partial charge in [-0.25, -0.2) is 0 Å². The number of fused-ring (bicyclic) bond motifs is 16. The highest BCUT2D eigenvalue weighted by atomic mass is 32.1. The molecule has 72 heavy (non-hydrogen) atoms. The number of thiophene rings is 1. The van der Waals surface area contributed by atoms with Crippen LogP contribution in [0.15, 0.2) is 261 Å². The van der Waals surface area contributed by atoms with E-state index in [4.69, 9.17) is 0 Å². The van der Waals surface area contributed by atoms with Crippen LogP contribution >= 0.6 is 11.3 Å². The Balaban J connectivity index is 0.956. The fourth-order valence-electron chi connectivity index (χ4n) is 13.1. The van der Waals surface area contributed by atoms with E-state index in [1.54, 1.807) is 0 Å². The SMILES string of the molecule is CC1(c2ccccc2)c2ccccc2-c2cc(N(c3ccc4c(c3)-c3ccccc3C43c4ccccc4-c4ccccc43)c3ccc4c(c3)sc3cccc(N(c5ccccc5)c5ccccc5)c34)ccc21. The van der Waals surface area contributed by atoms with Gasteiger partial charge < -0.3 is 9.80 Å². The molecule has 12 aromatic rings. The molecule has 0 radical (unpaired) electrons. The van der Waals surface area contributed by atoms with Crippen LogP contribution in [0, 0.1) is 0 Å². The van der Waals surface area contributed by atoms with Gasteiger partial charge in [-0.15, -0.1) is 11.3 Å². The zero-order valence-corrected chi connectivity index (χ0v) is 40.4. The molecule has 0 saturated heterocycles. The molecular weight excluding hydrogens is 889 g/mol. The average molecular weight is 935 g/mol. The van der Waals surface area contributed by atoms with Crippen LogP contribution in [-0.4, -0.2) is 0 Å². The van der Waals surface area contributed by atoms with Crippen molar-refractivity contribution in [3.8, 4) is 33.4 Å². The second kappa shape index (κ2) is 15.6. The fourth-order valence-corrected chi connectivity index (χ4v) is 14.2. The summed E-state index contributed by atoms with van der Waals surface area (Å²) in [6.45, 7) is 2.40. The summed E-state index contributed by atoms with van der Waals surface area (Å²) in [5.74, 6) is 0. The van der Waals surface area contributed by atoms with Crippen molar-refractivity contribution in [3.63, 3.8) is 0 Å². The summed E-state index contributed by atoms with van der Waals surface area (Å²) >= 11 is 1.87. The topological polar surface area (TPSA) is 6.48 Å². The van der Waals surface area contributed by atoms with Gasteiger partial charge in [0.1, 0.15) is 0 Å². The van der Waals surface area contributed by atoms with E-state index in [2.05, 4.69) is 278 Å². The van der Waals surface area contributed by atoms with Crippen molar-refractivity contribution >= 4 is 65.6 Å². The van der Waals surface area contributed by atoms with Gasteiger partial charge in [-0.1, -0.05) is 188 Å². The molecule has 11 aromatic carbocycles. The van der Waals surface area contributed by atoms with Gasteiger partial charge >= 0.3 is 0 Å².